The molecule has 0 spiro atoms. The molecule has 1 nitrogen and oxygen atoms in total. The molecule has 0 amide bonds. The van der Waals surface area contributed by atoms with Gasteiger partial charge in [0.05, 0.1) is 5.56 Å². The fraction of sp³-hybridized carbons (Fsp3) is 0.286. The molecule has 0 saturated heterocycles. The Bertz CT molecular complexity index is 592. The van der Waals surface area contributed by atoms with Crippen LogP contribution in [0.25, 0.3) is 10.4 Å². The summed E-state index contributed by atoms with van der Waals surface area (Å²) in [6.45, 7) is 3.61. The maximum Gasteiger partial charge on any atom is 0.416 e. The van der Waals surface area contributed by atoms with E-state index in [2.05, 4.69) is 21.2 Å². The van der Waals surface area contributed by atoms with E-state index < -0.39 is 11.7 Å². The number of thiophene rings is 1. The molecule has 0 aliphatic heterocycles. The first kappa shape index (κ1) is 15.5. The molecule has 1 N–H and O–H groups in total. The first-order valence-corrected chi connectivity index (χ1v) is 7.69. The summed E-state index contributed by atoms with van der Waals surface area (Å²) < 4.78 is 39.0. The van der Waals surface area contributed by atoms with E-state index in [-0.39, 0.29) is 0 Å². The summed E-state index contributed by atoms with van der Waals surface area (Å²) in [5.41, 5.74) is -0.0510. The van der Waals surface area contributed by atoms with Gasteiger partial charge in [-0.2, -0.15) is 13.2 Å². The Hall–Kier alpha value is -0.850. The summed E-state index contributed by atoms with van der Waals surface area (Å²) in [7, 11) is 0. The third kappa shape index (κ3) is 3.62. The Morgan fingerprint density at radius 3 is 2.60 bits per heavy atom. The third-order valence-corrected chi connectivity index (χ3v) is 4.58. The number of hydrogen-bond acceptors (Lipinski definition) is 2. The van der Waals surface area contributed by atoms with E-state index in [9.17, 15) is 13.2 Å². The molecule has 0 saturated carbocycles. The summed E-state index contributed by atoms with van der Waals surface area (Å²) in [6.07, 6.45) is -4.32. The maximum atomic E-state index is 12.8. The smallest absolute Gasteiger partial charge is 0.312 e. The zero-order valence-corrected chi connectivity index (χ0v) is 13.1. The average Bonchev–Trinajstić information content (AvgIpc) is 2.84. The van der Waals surface area contributed by atoms with Crippen LogP contribution in [0.1, 0.15) is 17.4 Å². The number of benzene rings is 1. The molecule has 0 unspecified atom stereocenters. The van der Waals surface area contributed by atoms with Crippen LogP contribution in [0.3, 0.4) is 0 Å². The van der Waals surface area contributed by atoms with E-state index >= 15 is 0 Å². The number of alkyl halides is 3. The topological polar surface area (TPSA) is 12.0 Å². The highest BCUT2D eigenvalue weighted by Crippen LogP contribution is 2.38. The molecule has 0 bridgehead atoms. The number of halogens is 4. The average molecular weight is 364 g/mol. The van der Waals surface area contributed by atoms with Gasteiger partial charge >= 0.3 is 6.18 Å². The Morgan fingerprint density at radius 2 is 1.95 bits per heavy atom. The molecule has 0 atom stereocenters. The van der Waals surface area contributed by atoms with Crippen molar-refractivity contribution in [3.63, 3.8) is 0 Å². The van der Waals surface area contributed by atoms with Crippen LogP contribution in [0.15, 0.2) is 34.8 Å². The second kappa shape index (κ2) is 6.28. The van der Waals surface area contributed by atoms with Gasteiger partial charge in [-0.3, -0.25) is 0 Å². The van der Waals surface area contributed by atoms with Crippen LogP contribution in [0.2, 0.25) is 0 Å². The monoisotopic (exact) mass is 363 g/mol. The summed E-state index contributed by atoms with van der Waals surface area (Å²) in [6, 6.07) is 7.52. The quantitative estimate of drug-likeness (QED) is 0.776. The van der Waals surface area contributed by atoms with Gasteiger partial charge in [0.15, 0.2) is 0 Å². The van der Waals surface area contributed by atoms with Gasteiger partial charge in [-0.15, -0.1) is 11.3 Å². The van der Waals surface area contributed by atoms with Gasteiger partial charge in [0.25, 0.3) is 0 Å². The van der Waals surface area contributed by atoms with E-state index in [1.165, 1.54) is 23.5 Å². The van der Waals surface area contributed by atoms with E-state index in [1.807, 2.05) is 19.1 Å². The SMILES string of the molecule is CCNCc1ccc(-c2cc(C(F)(F)F)ccc2Br)s1. The minimum absolute atomic E-state index is 0.576. The molecule has 0 radical (unpaired) electrons. The molecule has 20 heavy (non-hydrogen) atoms. The Balaban J connectivity index is 2.34. The Labute approximate surface area is 128 Å². The number of hydrogen-bond donors (Lipinski definition) is 1. The van der Waals surface area contributed by atoms with Crippen molar-refractivity contribution in [2.75, 3.05) is 6.54 Å². The van der Waals surface area contributed by atoms with Gasteiger partial charge in [0.2, 0.25) is 0 Å². The maximum absolute atomic E-state index is 12.8. The molecule has 0 aliphatic carbocycles. The van der Waals surface area contributed by atoms with Crippen LogP contribution >= 0.6 is 27.3 Å². The number of rotatable bonds is 4. The zero-order chi connectivity index (χ0) is 14.8. The van der Waals surface area contributed by atoms with Crippen LogP contribution in [0, 0.1) is 0 Å². The molecule has 0 fully saturated rings. The molecular formula is C14H13BrF3NS. The zero-order valence-electron chi connectivity index (χ0n) is 10.7. The summed E-state index contributed by atoms with van der Waals surface area (Å²) >= 11 is 4.82. The van der Waals surface area contributed by atoms with E-state index in [4.69, 9.17) is 0 Å². The Kier molecular flexibility index (Phi) is 4.88. The van der Waals surface area contributed by atoms with Crippen molar-refractivity contribution in [3.05, 3.63) is 45.2 Å². The van der Waals surface area contributed by atoms with Crippen LogP contribution < -0.4 is 5.32 Å². The van der Waals surface area contributed by atoms with Crippen LogP contribution in [0.4, 0.5) is 13.2 Å². The summed E-state index contributed by atoms with van der Waals surface area (Å²) in [5, 5.41) is 3.20. The molecule has 1 heterocycles. The summed E-state index contributed by atoms with van der Waals surface area (Å²) in [4.78, 5) is 1.93. The standard InChI is InChI=1S/C14H13BrF3NS/c1-2-19-8-10-4-6-13(20-10)11-7-9(14(16,17)18)3-5-12(11)15/h3-7,19H,2,8H2,1H3. The molecular weight excluding hydrogens is 351 g/mol. The second-order valence-electron chi connectivity index (χ2n) is 4.24. The van der Waals surface area contributed by atoms with Crippen molar-refractivity contribution in [1.29, 1.82) is 0 Å². The van der Waals surface area contributed by atoms with Crippen molar-refractivity contribution in [3.8, 4) is 10.4 Å². The van der Waals surface area contributed by atoms with Gasteiger partial charge in [0, 0.05) is 26.3 Å². The van der Waals surface area contributed by atoms with Crippen LogP contribution in [-0.2, 0) is 12.7 Å². The highest BCUT2D eigenvalue weighted by Gasteiger charge is 2.31. The van der Waals surface area contributed by atoms with Crippen molar-refractivity contribution in [2.24, 2.45) is 0 Å². The molecule has 2 rings (SSSR count). The fourth-order valence-electron chi connectivity index (χ4n) is 1.76. The Morgan fingerprint density at radius 1 is 1.20 bits per heavy atom. The molecule has 6 heteroatoms. The van der Waals surface area contributed by atoms with E-state index in [1.54, 1.807) is 0 Å². The lowest BCUT2D eigenvalue weighted by molar-refractivity contribution is -0.137. The van der Waals surface area contributed by atoms with Crippen LogP contribution in [0.5, 0.6) is 0 Å². The summed E-state index contributed by atoms with van der Waals surface area (Å²) in [5.74, 6) is 0. The molecule has 1 aromatic heterocycles. The van der Waals surface area contributed by atoms with E-state index in [0.29, 0.717) is 10.0 Å². The molecule has 0 aliphatic rings. The first-order chi connectivity index (χ1) is 9.41. The molecule has 2 aromatic rings. The van der Waals surface area contributed by atoms with Crippen molar-refractivity contribution in [2.45, 2.75) is 19.6 Å². The number of nitrogens with one attached hydrogen (secondary N) is 1. The van der Waals surface area contributed by atoms with Crippen molar-refractivity contribution in [1.82, 2.24) is 5.32 Å². The largest absolute Gasteiger partial charge is 0.416 e. The van der Waals surface area contributed by atoms with Crippen molar-refractivity contribution < 1.29 is 13.2 Å². The molecule has 108 valence electrons. The second-order valence-corrected chi connectivity index (χ2v) is 6.26. The van der Waals surface area contributed by atoms with E-state index in [0.717, 1.165) is 28.9 Å². The van der Waals surface area contributed by atoms with Crippen molar-refractivity contribution >= 4 is 27.3 Å². The highest BCUT2D eigenvalue weighted by atomic mass is 79.9. The fourth-order valence-corrected chi connectivity index (χ4v) is 3.36. The van der Waals surface area contributed by atoms with Gasteiger partial charge in [-0.25, -0.2) is 0 Å². The lowest BCUT2D eigenvalue weighted by Crippen LogP contribution is -2.10. The van der Waals surface area contributed by atoms with Crippen LogP contribution in [-0.4, -0.2) is 6.54 Å². The predicted octanol–water partition coefficient (Wildman–Crippen LogP) is 5.31. The lowest BCUT2D eigenvalue weighted by Gasteiger charge is -2.09. The molecule has 1 aromatic carbocycles. The van der Waals surface area contributed by atoms with Gasteiger partial charge in [-0.05, 0) is 36.9 Å². The third-order valence-electron chi connectivity index (χ3n) is 2.77. The lowest BCUT2D eigenvalue weighted by atomic mass is 10.1. The minimum Gasteiger partial charge on any atom is -0.312 e. The normalized spacial score (nSPS) is 11.8. The van der Waals surface area contributed by atoms with Gasteiger partial charge in [-0.1, -0.05) is 22.9 Å². The predicted molar refractivity (Wildman–Crippen MR) is 79.8 cm³/mol. The first-order valence-electron chi connectivity index (χ1n) is 6.08. The minimum atomic E-state index is -4.32. The van der Waals surface area contributed by atoms with Gasteiger partial charge in [0.1, 0.15) is 0 Å². The highest BCUT2D eigenvalue weighted by molar-refractivity contribution is 9.10. The van der Waals surface area contributed by atoms with Gasteiger partial charge < -0.3 is 5.32 Å².